The van der Waals surface area contributed by atoms with Crippen LogP contribution in [0.25, 0.3) is 6.08 Å². The van der Waals surface area contributed by atoms with Crippen LogP contribution in [0.5, 0.6) is 17.2 Å². The first-order valence-electron chi connectivity index (χ1n) is 13.4. The largest absolute Gasteiger partial charge is 0.490 e. The van der Waals surface area contributed by atoms with Gasteiger partial charge in [0.15, 0.2) is 11.5 Å². The number of benzene rings is 4. The zero-order chi connectivity index (χ0) is 31.2. The van der Waals surface area contributed by atoms with E-state index in [-0.39, 0.29) is 23.7 Å². The first-order chi connectivity index (χ1) is 21.2. The van der Waals surface area contributed by atoms with Gasteiger partial charge in [-0.2, -0.15) is 0 Å². The molecule has 8 nitrogen and oxygen atoms in total. The minimum atomic E-state index is -0.867. The summed E-state index contributed by atoms with van der Waals surface area (Å²) < 4.78 is 32.2. The predicted molar refractivity (Wildman–Crippen MR) is 172 cm³/mol. The molecule has 0 aromatic heterocycles. The zero-order valence-corrected chi connectivity index (χ0v) is 26.2. The van der Waals surface area contributed by atoms with Crippen LogP contribution in [-0.2, 0) is 22.8 Å². The lowest BCUT2D eigenvalue weighted by Crippen LogP contribution is -2.54. The summed E-state index contributed by atoms with van der Waals surface area (Å²) in [5.74, 6) is -0.729. The Hall–Kier alpha value is -4.42. The average Bonchev–Trinajstić information content (AvgIpc) is 3.00. The highest BCUT2D eigenvalue weighted by molar-refractivity contribution is 14.1. The number of ether oxygens (including phenoxy) is 3. The third kappa shape index (κ3) is 7.20. The number of imide groups is 2. The third-order valence-electron chi connectivity index (χ3n) is 6.49. The number of halogens is 3. The van der Waals surface area contributed by atoms with Crippen molar-refractivity contribution in [3.8, 4) is 17.2 Å². The Balaban J connectivity index is 1.36. The molecule has 1 fully saturated rings. The number of barbiturate groups is 1. The summed E-state index contributed by atoms with van der Waals surface area (Å²) in [6.45, 7) is 2.39. The molecule has 1 aliphatic heterocycles. The Kier molecular flexibility index (Phi) is 9.81. The highest BCUT2D eigenvalue weighted by atomic mass is 127. The van der Waals surface area contributed by atoms with E-state index < -0.39 is 17.8 Å². The molecular weight excluding hydrogens is 702 g/mol. The number of carbonyl (C=O) groups excluding carboxylic acids is 3. The summed E-state index contributed by atoms with van der Waals surface area (Å²) in [7, 11) is 0. The molecule has 0 aliphatic carbocycles. The lowest BCUT2D eigenvalue weighted by atomic mass is 10.1. The van der Waals surface area contributed by atoms with Crippen molar-refractivity contribution in [2.24, 2.45) is 0 Å². The summed E-state index contributed by atoms with van der Waals surface area (Å²) in [4.78, 5) is 39.9. The molecule has 224 valence electrons. The van der Waals surface area contributed by atoms with Crippen molar-refractivity contribution in [3.63, 3.8) is 0 Å². The number of rotatable bonds is 10. The lowest BCUT2D eigenvalue weighted by molar-refractivity contribution is -0.122. The molecule has 5 rings (SSSR count). The summed E-state index contributed by atoms with van der Waals surface area (Å²) in [5.41, 5.74) is 1.78. The van der Waals surface area contributed by atoms with Crippen molar-refractivity contribution in [2.45, 2.75) is 20.1 Å². The second-order valence-electron chi connectivity index (χ2n) is 9.51. The molecule has 4 aromatic rings. The van der Waals surface area contributed by atoms with Gasteiger partial charge in [0.05, 0.1) is 15.9 Å². The number of carbonyl (C=O) groups is 3. The van der Waals surface area contributed by atoms with Crippen molar-refractivity contribution < 1.29 is 33.0 Å². The summed E-state index contributed by atoms with van der Waals surface area (Å²) in [6.07, 6.45) is 1.38. The average molecular weight is 727 g/mol. The maximum Gasteiger partial charge on any atom is 0.335 e. The standard InChI is InChI=1S/C33H25ClFIN2O6/c1-2-42-29-17-21(16-28(36)30(29)44-19-22-5-3-4-6-27(22)35)15-26-31(39)37-33(41)38(32(26)40)24-11-13-25(14-12-24)43-18-20-7-9-23(34)10-8-20/h3-17H,2,18-19H2,1H3,(H,37,39,41)/b26-15+. The number of hydrogen-bond donors (Lipinski definition) is 1. The number of anilines is 1. The summed E-state index contributed by atoms with van der Waals surface area (Å²) >= 11 is 7.97. The SMILES string of the molecule is CCOc1cc(/C=C2\C(=O)NC(=O)N(c3ccc(OCc4ccc(Cl)cc4)cc3)C2=O)cc(I)c1OCc1ccccc1F. The fourth-order valence-corrected chi connectivity index (χ4v) is 5.24. The number of nitrogens with one attached hydrogen (secondary N) is 1. The van der Waals surface area contributed by atoms with Crippen LogP contribution in [-0.4, -0.2) is 24.5 Å². The van der Waals surface area contributed by atoms with E-state index >= 15 is 0 Å². The van der Waals surface area contributed by atoms with E-state index in [4.69, 9.17) is 25.8 Å². The van der Waals surface area contributed by atoms with Crippen LogP contribution in [0, 0.1) is 9.39 Å². The molecule has 4 amide bonds. The van der Waals surface area contributed by atoms with Gasteiger partial charge in [0.2, 0.25) is 0 Å². The Morgan fingerprint density at radius 2 is 1.64 bits per heavy atom. The molecule has 4 aromatic carbocycles. The maximum absolute atomic E-state index is 14.1. The molecule has 11 heteroatoms. The Morgan fingerprint density at radius 3 is 2.34 bits per heavy atom. The van der Waals surface area contributed by atoms with E-state index in [1.807, 2.05) is 34.7 Å². The Morgan fingerprint density at radius 1 is 0.909 bits per heavy atom. The van der Waals surface area contributed by atoms with Crippen LogP contribution >= 0.6 is 34.2 Å². The molecule has 0 atom stereocenters. The fraction of sp³-hybridized carbons (Fsp3) is 0.121. The molecule has 0 unspecified atom stereocenters. The van der Waals surface area contributed by atoms with Crippen molar-refractivity contribution >= 4 is 63.8 Å². The van der Waals surface area contributed by atoms with Crippen LogP contribution in [0.2, 0.25) is 5.02 Å². The first-order valence-corrected chi connectivity index (χ1v) is 14.9. The smallest absolute Gasteiger partial charge is 0.335 e. The van der Waals surface area contributed by atoms with Gasteiger partial charge in [-0.15, -0.1) is 0 Å². The van der Waals surface area contributed by atoms with Crippen LogP contribution < -0.4 is 24.4 Å². The molecule has 0 spiro atoms. The van der Waals surface area contributed by atoms with Crippen LogP contribution in [0.15, 0.2) is 90.5 Å². The van der Waals surface area contributed by atoms with Crippen molar-refractivity contribution in [1.82, 2.24) is 5.32 Å². The highest BCUT2D eigenvalue weighted by Crippen LogP contribution is 2.36. The second-order valence-corrected chi connectivity index (χ2v) is 11.1. The molecule has 0 saturated carbocycles. The van der Waals surface area contributed by atoms with E-state index in [2.05, 4.69) is 5.32 Å². The minimum absolute atomic E-state index is 0.0217. The molecule has 0 bridgehead atoms. The van der Waals surface area contributed by atoms with Gasteiger partial charge in [-0.25, -0.2) is 14.1 Å². The van der Waals surface area contributed by atoms with Crippen LogP contribution in [0.3, 0.4) is 0 Å². The number of hydrogen-bond acceptors (Lipinski definition) is 6. The Labute approximate surface area is 271 Å². The van der Waals surface area contributed by atoms with Crippen molar-refractivity contribution in [3.05, 3.63) is 122 Å². The summed E-state index contributed by atoms with van der Waals surface area (Å²) in [6, 6.07) is 22.3. The second kappa shape index (κ2) is 13.9. The minimum Gasteiger partial charge on any atom is -0.490 e. The van der Waals surface area contributed by atoms with Gasteiger partial charge in [0.1, 0.15) is 30.4 Å². The highest BCUT2D eigenvalue weighted by Gasteiger charge is 2.37. The monoisotopic (exact) mass is 726 g/mol. The third-order valence-corrected chi connectivity index (χ3v) is 7.54. The fourth-order valence-electron chi connectivity index (χ4n) is 4.34. The van der Waals surface area contributed by atoms with E-state index in [0.29, 0.717) is 50.2 Å². The van der Waals surface area contributed by atoms with Gasteiger partial charge in [-0.1, -0.05) is 41.9 Å². The Bertz CT molecular complexity index is 1740. The van der Waals surface area contributed by atoms with Crippen LogP contribution in [0.4, 0.5) is 14.9 Å². The first kappa shape index (κ1) is 31.0. The van der Waals surface area contributed by atoms with Gasteiger partial charge in [-0.05, 0) is 101 Å². The lowest BCUT2D eigenvalue weighted by Gasteiger charge is -2.26. The van der Waals surface area contributed by atoms with Crippen molar-refractivity contribution in [1.29, 1.82) is 0 Å². The molecule has 1 N–H and O–H groups in total. The molecule has 0 radical (unpaired) electrons. The normalized spacial score (nSPS) is 14.0. The number of urea groups is 1. The van der Waals surface area contributed by atoms with Gasteiger partial charge >= 0.3 is 6.03 Å². The van der Waals surface area contributed by atoms with Gasteiger partial charge < -0.3 is 14.2 Å². The van der Waals surface area contributed by atoms with E-state index in [1.54, 1.807) is 73.7 Å². The number of nitrogens with zero attached hydrogens (tertiary/aromatic N) is 1. The molecule has 1 aliphatic rings. The van der Waals surface area contributed by atoms with Gasteiger partial charge in [0, 0.05) is 10.6 Å². The molecular formula is C33H25ClFIN2O6. The topological polar surface area (TPSA) is 94.2 Å². The van der Waals surface area contributed by atoms with E-state index in [0.717, 1.165) is 10.5 Å². The summed E-state index contributed by atoms with van der Waals surface area (Å²) in [5, 5.41) is 2.85. The van der Waals surface area contributed by atoms with Crippen LogP contribution in [0.1, 0.15) is 23.6 Å². The number of amides is 4. The zero-order valence-electron chi connectivity index (χ0n) is 23.3. The molecule has 1 heterocycles. The quantitative estimate of drug-likeness (QED) is 0.105. The maximum atomic E-state index is 14.1. The predicted octanol–water partition coefficient (Wildman–Crippen LogP) is 7.31. The van der Waals surface area contributed by atoms with E-state index in [9.17, 15) is 18.8 Å². The molecule has 44 heavy (non-hydrogen) atoms. The van der Waals surface area contributed by atoms with Gasteiger partial charge in [-0.3, -0.25) is 14.9 Å². The van der Waals surface area contributed by atoms with Crippen molar-refractivity contribution in [2.75, 3.05) is 11.5 Å². The molecule has 1 saturated heterocycles. The van der Waals surface area contributed by atoms with Gasteiger partial charge in [0.25, 0.3) is 11.8 Å². The van der Waals surface area contributed by atoms with E-state index in [1.165, 1.54) is 12.1 Å².